The second-order valence-corrected chi connectivity index (χ2v) is 4.33. The van der Waals surface area contributed by atoms with Crippen LogP contribution in [-0.2, 0) is 0 Å². The molecule has 18 heavy (non-hydrogen) atoms. The van der Waals surface area contributed by atoms with Crippen LogP contribution < -0.4 is 4.74 Å². The lowest BCUT2D eigenvalue weighted by atomic mass is 9.99. The van der Waals surface area contributed by atoms with Crippen molar-refractivity contribution in [2.45, 2.75) is 13.3 Å². The van der Waals surface area contributed by atoms with Crippen molar-refractivity contribution < 1.29 is 9.53 Å². The zero-order valence-electron chi connectivity index (χ0n) is 10.3. The summed E-state index contributed by atoms with van der Waals surface area (Å²) >= 11 is 5.67. The Morgan fingerprint density at radius 3 is 2.72 bits per heavy atom. The van der Waals surface area contributed by atoms with Crippen molar-refractivity contribution in [3.8, 4) is 5.75 Å². The zero-order valence-corrected chi connectivity index (χ0v) is 11.0. The van der Waals surface area contributed by atoms with Gasteiger partial charge < -0.3 is 4.74 Å². The molecule has 2 nitrogen and oxygen atoms in total. The zero-order chi connectivity index (χ0) is 13.0. The molecule has 2 aromatic carbocycles. The number of fused-ring (bicyclic) bond motifs is 1. The molecule has 0 aromatic heterocycles. The molecule has 3 heteroatoms. The normalized spacial score (nSPS) is 10.6. The smallest absolute Gasteiger partial charge is 0.168 e. The molecule has 0 atom stereocenters. The number of ketones is 1. The van der Waals surface area contributed by atoms with E-state index in [0.29, 0.717) is 30.2 Å². The third-order valence-corrected chi connectivity index (χ3v) is 2.98. The van der Waals surface area contributed by atoms with E-state index >= 15 is 0 Å². The van der Waals surface area contributed by atoms with Gasteiger partial charge in [-0.25, -0.2) is 0 Å². The summed E-state index contributed by atoms with van der Waals surface area (Å²) in [6.07, 6.45) is 0.329. The van der Waals surface area contributed by atoms with Gasteiger partial charge in [-0.05, 0) is 23.8 Å². The first-order chi connectivity index (χ1) is 8.77. The number of alkyl halides is 1. The molecule has 0 amide bonds. The van der Waals surface area contributed by atoms with Crippen LogP contribution in [0.5, 0.6) is 5.75 Å². The molecule has 0 aliphatic heterocycles. The van der Waals surface area contributed by atoms with E-state index in [4.69, 9.17) is 16.3 Å². The molecule has 0 aliphatic carbocycles. The van der Waals surface area contributed by atoms with Crippen molar-refractivity contribution in [1.29, 1.82) is 0 Å². The second-order valence-electron chi connectivity index (χ2n) is 3.96. The number of carbonyl (C=O) groups is 1. The van der Waals surface area contributed by atoms with E-state index in [2.05, 4.69) is 0 Å². The number of Topliss-reactive ketones (excluding diaryl/α,β-unsaturated/α-hetero) is 1. The van der Waals surface area contributed by atoms with Gasteiger partial charge in [-0.1, -0.05) is 30.3 Å². The van der Waals surface area contributed by atoms with E-state index < -0.39 is 0 Å². The van der Waals surface area contributed by atoms with Crippen LogP contribution in [0.4, 0.5) is 0 Å². The Hall–Kier alpha value is -1.54. The molecule has 0 saturated heterocycles. The summed E-state index contributed by atoms with van der Waals surface area (Å²) in [5, 5.41) is 1.97. The van der Waals surface area contributed by atoms with Crippen molar-refractivity contribution in [2.24, 2.45) is 0 Å². The summed E-state index contributed by atoms with van der Waals surface area (Å²) < 4.78 is 5.55. The molecule has 0 radical (unpaired) electrons. The van der Waals surface area contributed by atoms with Gasteiger partial charge in [-0.3, -0.25) is 4.79 Å². The largest absolute Gasteiger partial charge is 0.493 e. The molecule has 0 spiro atoms. The van der Waals surface area contributed by atoms with Gasteiger partial charge in [0.05, 0.1) is 12.2 Å². The summed E-state index contributed by atoms with van der Waals surface area (Å²) in [7, 11) is 0. The van der Waals surface area contributed by atoms with Crippen molar-refractivity contribution in [3.63, 3.8) is 0 Å². The van der Waals surface area contributed by atoms with Gasteiger partial charge >= 0.3 is 0 Å². The van der Waals surface area contributed by atoms with Crippen molar-refractivity contribution in [2.75, 3.05) is 12.5 Å². The third kappa shape index (κ3) is 2.49. The van der Waals surface area contributed by atoms with Gasteiger partial charge in [-0.2, -0.15) is 0 Å². The Bertz CT molecular complexity index is 563. The highest BCUT2D eigenvalue weighted by Crippen LogP contribution is 2.29. The van der Waals surface area contributed by atoms with Crippen molar-refractivity contribution >= 4 is 28.2 Å². The third-order valence-electron chi connectivity index (χ3n) is 2.79. The van der Waals surface area contributed by atoms with Gasteiger partial charge in [0.2, 0.25) is 0 Å². The molecule has 0 aliphatic rings. The number of hydrogen-bond donors (Lipinski definition) is 0. The van der Waals surface area contributed by atoms with Crippen LogP contribution in [0.15, 0.2) is 36.4 Å². The van der Waals surface area contributed by atoms with Gasteiger partial charge in [0.1, 0.15) is 5.75 Å². The van der Waals surface area contributed by atoms with Crippen molar-refractivity contribution in [3.05, 3.63) is 42.0 Å². The van der Waals surface area contributed by atoms with Gasteiger partial charge in [0.15, 0.2) is 5.78 Å². The van der Waals surface area contributed by atoms with Crippen LogP contribution in [0.25, 0.3) is 10.8 Å². The number of hydrogen-bond acceptors (Lipinski definition) is 2. The van der Waals surface area contributed by atoms with Crippen LogP contribution in [0.1, 0.15) is 23.7 Å². The molecule has 94 valence electrons. The van der Waals surface area contributed by atoms with Crippen LogP contribution >= 0.6 is 11.6 Å². The lowest BCUT2D eigenvalue weighted by molar-refractivity contribution is 0.0987. The molecule has 0 fully saturated rings. The van der Waals surface area contributed by atoms with Crippen molar-refractivity contribution in [1.82, 2.24) is 0 Å². The molecular weight excluding hydrogens is 248 g/mol. The highest BCUT2D eigenvalue weighted by atomic mass is 35.5. The Morgan fingerprint density at radius 2 is 2.00 bits per heavy atom. The minimum absolute atomic E-state index is 0.0326. The molecule has 0 heterocycles. The molecule has 0 saturated carbocycles. The molecule has 0 unspecified atom stereocenters. The van der Waals surface area contributed by atoms with Gasteiger partial charge in [0.25, 0.3) is 0 Å². The quantitative estimate of drug-likeness (QED) is 0.600. The lowest BCUT2D eigenvalue weighted by Gasteiger charge is -2.12. The van der Waals surface area contributed by atoms with Crippen LogP contribution in [0.3, 0.4) is 0 Å². The standard InChI is InChI=1S/C15H15ClO2/c1-2-18-14-8-7-11-5-3-4-6-12(11)15(14)13(17)9-10-16/h3-8H,2,9-10H2,1H3. The summed E-state index contributed by atoms with van der Waals surface area (Å²) in [4.78, 5) is 12.2. The first-order valence-electron chi connectivity index (χ1n) is 6.01. The molecule has 2 rings (SSSR count). The fraction of sp³-hybridized carbons (Fsp3) is 0.267. The molecule has 2 aromatic rings. The number of ether oxygens (including phenoxy) is 1. The van der Waals surface area contributed by atoms with E-state index in [-0.39, 0.29) is 5.78 Å². The minimum atomic E-state index is 0.0326. The van der Waals surface area contributed by atoms with E-state index in [1.165, 1.54) is 0 Å². The van der Waals surface area contributed by atoms with E-state index in [1.54, 1.807) is 0 Å². The van der Waals surface area contributed by atoms with E-state index in [1.807, 2.05) is 43.3 Å². The Kier molecular flexibility index (Phi) is 4.21. The first-order valence-corrected chi connectivity index (χ1v) is 6.55. The van der Waals surface area contributed by atoms with Crippen LogP contribution in [0, 0.1) is 0 Å². The summed E-state index contributed by atoms with van der Waals surface area (Å²) in [6.45, 7) is 2.45. The topological polar surface area (TPSA) is 26.3 Å². The Labute approximate surface area is 112 Å². The lowest BCUT2D eigenvalue weighted by Crippen LogP contribution is -2.05. The SMILES string of the molecule is CCOc1ccc2ccccc2c1C(=O)CCCl. The fourth-order valence-electron chi connectivity index (χ4n) is 2.03. The van der Waals surface area contributed by atoms with Crippen LogP contribution in [0.2, 0.25) is 0 Å². The summed E-state index contributed by atoms with van der Waals surface area (Å²) in [5.41, 5.74) is 0.649. The highest BCUT2D eigenvalue weighted by Gasteiger charge is 2.15. The molecule has 0 bridgehead atoms. The first kappa shape index (κ1) is 12.9. The maximum absolute atomic E-state index is 12.2. The number of carbonyl (C=O) groups excluding carboxylic acids is 1. The average Bonchev–Trinajstić information content (AvgIpc) is 2.39. The number of rotatable bonds is 5. The Morgan fingerprint density at radius 1 is 1.22 bits per heavy atom. The highest BCUT2D eigenvalue weighted by molar-refractivity contribution is 6.20. The molecule has 0 N–H and O–H groups in total. The predicted octanol–water partition coefficient (Wildman–Crippen LogP) is 4.05. The maximum atomic E-state index is 12.2. The fourth-order valence-corrected chi connectivity index (χ4v) is 2.20. The maximum Gasteiger partial charge on any atom is 0.168 e. The minimum Gasteiger partial charge on any atom is -0.493 e. The summed E-state index contributed by atoms with van der Waals surface area (Å²) in [5.74, 6) is 1.00. The van der Waals surface area contributed by atoms with E-state index in [9.17, 15) is 4.79 Å². The molecular formula is C15H15ClO2. The monoisotopic (exact) mass is 262 g/mol. The predicted molar refractivity (Wildman–Crippen MR) is 74.8 cm³/mol. The van der Waals surface area contributed by atoms with Gasteiger partial charge in [0, 0.05) is 12.3 Å². The van der Waals surface area contributed by atoms with Crippen LogP contribution in [-0.4, -0.2) is 18.3 Å². The van der Waals surface area contributed by atoms with E-state index in [0.717, 1.165) is 10.8 Å². The number of benzene rings is 2. The summed E-state index contributed by atoms with van der Waals surface area (Å²) in [6, 6.07) is 11.6. The Balaban J connectivity index is 2.62. The second kappa shape index (κ2) is 5.87. The van der Waals surface area contributed by atoms with Gasteiger partial charge in [-0.15, -0.1) is 11.6 Å². The average molecular weight is 263 g/mol. The number of halogens is 1.